The number of carbonyl (C=O) groups is 2. The molecule has 0 fully saturated rings. The van der Waals surface area contributed by atoms with Crippen molar-refractivity contribution in [3.63, 3.8) is 0 Å². The van der Waals surface area contributed by atoms with Gasteiger partial charge >= 0.3 is 5.97 Å². The summed E-state index contributed by atoms with van der Waals surface area (Å²) >= 11 is 2.78. The summed E-state index contributed by atoms with van der Waals surface area (Å²) in [6, 6.07) is 1.74. The lowest BCUT2D eigenvalue weighted by molar-refractivity contribution is -0.143. The van der Waals surface area contributed by atoms with Gasteiger partial charge < -0.3 is 10.4 Å². The molecule has 0 saturated heterocycles. The van der Waals surface area contributed by atoms with Crippen molar-refractivity contribution in [3.8, 4) is 0 Å². The first-order chi connectivity index (χ1) is 9.38. The number of thiazole rings is 1. The molecule has 20 heavy (non-hydrogen) atoms. The molecule has 3 aromatic heterocycles. The second-order valence-corrected chi connectivity index (χ2v) is 6.76. The molecule has 0 aliphatic rings. The lowest BCUT2D eigenvalue weighted by atomic mass is 10.1. The Bertz CT molecular complexity index is 827. The van der Waals surface area contributed by atoms with Crippen molar-refractivity contribution >= 4 is 49.9 Å². The normalized spacial score (nSPS) is 12.1. The van der Waals surface area contributed by atoms with E-state index in [4.69, 9.17) is 5.11 Å². The monoisotopic (exact) mass is 309 g/mol. The van der Waals surface area contributed by atoms with Gasteiger partial charge in [0.05, 0.1) is 10.4 Å². The fraction of sp³-hybridized carbons (Fsp3) is 0.250. The molecular formula is C12H11N3O3S2. The van der Waals surface area contributed by atoms with Crippen molar-refractivity contribution in [3.05, 3.63) is 22.5 Å². The minimum absolute atomic E-state index is 0.399. The molecule has 6 nitrogen and oxygen atoms in total. The van der Waals surface area contributed by atoms with E-state index in [0.717, 1.165) is 15.3 Å². The van der Waals surface area contributed by atoms with Crippen LogP contribution in [-0.2, 0) is 4.79 Å². The molecule has 0 saturated carbocycles. The largest absolute Gasteiger partial charge is 0.480 e. The van der Waals surface area contributed by atoms with Gasteiger partial charge in [0, 0.05) is 11.6 Å². The number of hydrogen-bond donors (Lipinski definition) is 2. The van der Waals surface area contributed by atoms with Gasteiger partial charge in [0.1, 0.15) is 10.4 Å². The standard InChI is InChI=1S/C12H11N3O3S2/c1-12(2,10(17)18)14-8(16)7-5-6-9(20-7)13-11-15(6)3-4-19-11/h3-5H,1-2H3,(H,14,16)(H,17,18). The minimum atomic E-state index is -1.30. The predicted molar refractivity (Wildman–Crippen MR) is 77.6 cm³/mol. The fourth-order valence-corrected chi connectivity index (χ4v) is 3.45. The van der Waals surface area contributed by atoms with E-state index in [0.29, 0.717) is 4.88 Å². The number of amides is 1. The van der Waals surface area contributed by atoms with E-state index in [9.17, 15) is 9.59 Å². The smallest absolute Gasteiger partial charge is 0.328 e. The lowest BCUT2D eigenvalue weighted by Crippen LogP contribution is -2.49. The van der Waals surface area contributed by atoms with E-state index in [-0.39, 0.29) is 0 Å². The van der Waals surface area contributed by atoms with Crippen LogP contribution < -0.4 is 5.32 Å². The number of fused-ring (bicyclic) bond motifs is 3. The second kappa shape index (κ2) is 4.29. The number of nitrogens with one attached hydrogen (secondary N) is 1. The van der Waals surface area contributed by atoms with E-state index < -0.39 is 17.4 Å². The molecule has 8 heteroatoms. The Morgan fingerprint density at radius 3 is 2.90 bits per heavy atom. The summed E-state index contributed by atoms with van der Waals surface area (Å²) in [4.78, 5) is 29.7. The fourth-order valence-electron chi connectivity index (χ4n) is 1.76. The zero-order valence-corrected chi connectivity index (χ0v) is 12.3. The highest BCUT2D eigenvalue weighted by Crippen LogP contribution is 2.28. The Labute approximate surface area is 121 Å². The van der Waals surface area contributed by atoms with Crippen molar-refractivity contribution in [2.45, 2.75) is 19.4 Å². The van der Waals surface area contributed by atoms with E-state index in [1.54, 1.807) is 6.07 Å². The SMILES string of the molecule is CC(C)(NC(=O)c1cc2c(nc3sccn32)s1)C(=O)O. The quantitative estimate of drug-likeness (QED) is 0.777. The van der Waals surface area contributed by atoms with Crippen LogP contribution in [0.5, 0.6) is 0 Å². The molecule has 0 bridgehead atoms. The lowest BCUT2D eigenvalue weighted by Gasteiger charge is -2.20. The van der Waals surface area contributed by atoms with Crippen molar-refractivity contribution in [2.75, 3.05) is 0 Å². The highest BCUT2D eigenvalue weighted by atomic mass is 32.1. The van der Waals surface area contributed by atoms with E-state index in [2.05, 4.69) is 10.3 Å². The van der Waals surface area contributed by atoms with Crippen LogP contribution in [0.2, 0.25) is 0 Å². The van der Waals surface area contributed by atoms with Crippen molar-refractivity contribution < 1.29 is 14.7 Å². The first-order valence-electron chi connectivity index (χ1n) is 5.79. The molecule has 0 aliphatic heterocycles. The number of carboxylic acids is 1. The molecule has 0 atom stereocenters. The average Bonchev–Trinajstić information content (AvgIpc) is 2.97. The highest BCUT2D eigenvalue weighted by molar-refractivity contribution is 7.21. The molecule has 3 heterocycles. The van der Waals surface area contributed by atoms with Gasteiger partial charge in [0.25, 0.3) is 5.91 Å². The van der Waals surface area contributed by atoms with Crippen molar-refractivity contribution in [1.82, 2.24) is 14.7 Å². The van der Waals surface area contributed by atoms with Gasteiger partial charge in [0.15, 0.2) is 4.96 Å². The third kappa shape index (κ3) is 1.97. The summed E-state index contributed by atoms with van der Waals surface area (Å²) in [7, 11) is 0. The van der Waals surface area contributed by atoms with Crippen LogP contribution in [0.1, 0.15) is 23.5 Å². The zero-order chi connectivity index (χ0) is 14.5. The molecule has 104 valence electrons. The number of nitrogens with zero attached hydrogens (tertiary/aromatic N) is 2. The Balaban J connectivity index is 1.95. The van der Waals surface area contributed by atoms with Gasteiger partial charge in [-0.1, -0.05) is 0 Å². The molecule has 3 aromatic rings. The number of rotatable bonds is 3. The van der Waals surface area contributed by atoms with Crippen LogP contribution in [0.3, 0.4) is 0 Å². The third-order valence-corrected chi connectivity index (χ3v) is 4.70. The van der Waals surface area contributed by atoms with Gasteiger partial charge in [-0.2, -0.15) is 0 Å². The summed E-state index contributed by atoms with van der Waals surface area (Å²) < 4.78 is 1.91. The number of aromatic nitrogens is 2. The van der Waals surface area contributed by atoms with E-state index in [1.165, 1.54) is 36.5 Å². The first kappa shape index (κ1) is 13.1. The number of hydrogen-bond acceptors (Lipinski definition) is 5. The molecular weight excluding hydrogens is 298 g/mol. The Morgan fingerprint density at radius 2 is 2.20 bits per heavy atom. The van der Waals surface area contributed by atoms with Crippen LogP contribution in [0.25, 0.3) is 15.3 Å². The molecule has 0 aromatic carbocycles. The molecule has 0 aliphatic carbocycles. The maximum atomic E-state index is 12.1. The molecule has 0 spiro atoms. The number of carbonyl (C=O) groups excluding carboxylic acids is 1. The van der Waals surface area contributed by atoms with Crippen molar-refractivity contribution in [2.24, 2.45) is 0 Å². The topological polar surface area (TPSA) is 83.7 Å². The molecule has 3 rings (SSSR count). The van der Waals surface area contributed by atoms with Crippen LogP contribution in [0, 0.1) is 0 Å². The zero-order valence-electron chi connectivity index (χ0n) is 10.7. The number of thiophene rings is 1. The summed E-state index contributed by atoms with van der Waals surface area (Å²) in [6.45, 7) is 2.90. The molecule has 0 radical (unpaired) electrons. The molecule has 1 amide bonds. The van der Waals surface area contributed by atoms with E-state index >= 15 is 0 Å². The van der Waals surface area contributed by atoms with Gasteiger partial charge in [-0.05, 0) is 19.9 Å². The van der Waals surface area contributed by atoms with Crippen LogP contribution in [0.15, 0.2) is 17.6 Å². The highest BCUT2D eigenvalue weighted by Gasteiger charge is 2.30. The number of imidazole rings is 1. The summed E-state index contributed by atoms with van der Waals surface area (Å²) in [5.74, 6) is -1.47. The van der Waals surface area contributed by atoms with Crippen LogP contribution in [0.4, 0.5) is 0 Å². The summed E-state index contributed by atoms with van der Waals surface area (Å²) in [6.07, 6.45) is 1.89. The maximum absolute atomic E-state index is 12.1. The first-order valence-corrected chi connectivity index (χ1v) is 7.49. The van der Waals surface area contributed by atoms with Crippen LogP contribution >= 0.6 is 22.7 Å². The van der Waals surface area contributed by atoms with Gasteiger partial charge in [-0.15, -0.1) is 22.7 Å². The number of carboxylic acid groups (broad SMARTS) is 1. The number of aliphatic carboxylic acids is 1. The second-order valence-electron chi connectivity index (χ2n) is 4.85. The van der Waals surface area contributed by atoms with Crippen LogP contribution in [-0.4, -0.2) is 31.9 Å². The van der Waals surface area contributed by atoms with E-state index in [1.807, 2.05) is 16.0 Å². The van der Waals surface area contributed by atoms with Gasteiger partial charge in [-0.3, -0.25) is 9.20 Å². The van der Waals surface area contributed by atoms with Crippen molar-refractivity contribution in [1.29, 1.82) is 0 Å². The van der Waals surface area contributed by atoms with Gasteiger partial charge in [-0.25, -0.2) is 9.78 Å². The maximum Gasteiger partial charge on any atom is 0.328 e. The molecule has 0 unspecified atom stereocenters. The Hall–Kier alpha value is -1.93. The Morgan fingerprint density at radius 1 is 1.45 bits per heavy atom. The molecule has 2 N–H and O–H groups in total. The third-order valence-electron chi connectivity index (χ3n) is 2.92. The van der Waals surface area contributed by atoms with Gasteiger partial charge in [0.2, 0.25) is 0 Å². The average molecular weight is 309 g/mol. The minimum Gasteiger partial charge on any atom is -0.480 e. The Kier molecular flexibility index (Phi) is 2.80. The summed E-state index contributed by atoms with van der Waals surface area (Å²) in [5.41, 5.74) is -0.437. The predicted octanol–water partition coefficient (Wildman–Crippen LogP) is 2.20. The summed E-state index contributed by atoms with van der Waals surface area (Å²) in [5, 5.41) is 13.4.